The molecule has 0 saturated heterocycles. The van der Waals surface area contributed by atoms with Gasteiger partial charge in [0.05, 0.1) is 0 Å². The van der Waals surface area contributed by atoms with E-state index in [0.29, 0.717) is 0 Å². The van der Waals surface area contributed by atoms with Crippen LogP contribution in [0, 0.1) is 18.7 Å². The molecule has 24 heavy (non-hydrogen) atoms. The zero-order chi connectivity index (χ0) is 16.8. The lowest BCUT2D eigenvalue weighted by Gasteiger charge is -2.19. The summed E-state index contributed by atoms with van der Waals surface area (Å²) in [6, 6.07) is 12.9. The second-order valence-corrected chi connectivity index (χ2v) is 6.85. The van der Waals surface area contributed by atoms with Gasteiger partial charge < -0.3 is 5.32 Å². The highest BCUT2D eigenvalue weighted by molar-refractivity contribution is 5.67. The van der Waals surface area contributed by atoms with E-state index in [-0.39, 0.29) is 5.82 Å². The minimum absolute atomic E-state index is 0.211. The number of allylic oxidation sites excluding steroid dienone is 1. The lowest BCUT2D eigenvalue weighted by molar-refractivity contribution is 0.362. The fourth-order valence-electron chi connectivity index (χ4n) is 3.39. The molecule has 0 spiro atoms. The number of benzene rings is 2. The van der Waals surface area contributed by atoms with Gasteiger partial charge in [-0.2, -0.15) is 0 Å². The number of hydrogen-bond donors (Lipinski definition) is 1. The number of rotatable bonds is 5. The largest absolute Gasteiger partial charge is 0.355 e. The molecule has 0 aliphatic heterocycles. The van der Waals surface area contributed by atoms with Gasteiger partial charge >= 0.3 is 0 Å². The molecule has 2 aromatic carbocycles. The Kier molecular flexibility index (Phi) is 5.68. The van der Waals surface area contributed by atoms with E-state index in [1.54, 1.807) is 12.1 Å². The molecule has 3 rings (SSSR count). The summed E-state index contributed by atoms with van der Waals surface area (Å²) in [6.07, 6.45) is 12.7. The van der Waals surface area contributed by atoms with Crippen LogP contribution in [-0.4, -0.2) is 0 Å². The molecule has 0 heterocycles. The van der Waals surface area contributed by atoms with E-state index >= 15 is 0 Å². The Morgan fingerprint density at radius 1 is 1.04 bits per heavy atom. The molecule has 126 valence electrons. The Bertz CT molecular complexity index is 682. The van der Waals surface area contributed by atoms with Gasteiger partial charge in [0.15, 0.2) is 0 Å². The summed E-state index contributed by atoms with van der Waals surface area (Å²) in [5.41, 5.74) is 4.37. The maximum Gasteiger partial charge on any atom is 0.123 e. The SMILES string of the molecule is Cc1ccc(/C=C/CC2CCCCC2)cc1Nc1ccc(F)cc1. The molecule has 1 aliphatic rings. The van der Waals surface area contributed by atoms with Crippen molar-refractivity contribution in [3.63, 3.8) is 0 Å². The fourth-order valence-corrected chi connectivity index (χ4v) is 3.39. The molecule has 0 aromatic heterocycles. The topological polar surface area (TPSA) is 12.0 Å². The molecule has 0 atom stereocenters. The van der Waals surface area contributed by atoms with Crippen LogP contribution in [-0.2, 0) is 0 Å². The number of anilines is 2. The minimum Gasteiger partial charge on any atom is -0.355 e. The van der Waals surface area contributed by atoms with Gasteiger partial charge in [-0.1, -0.05) is 56.4 Å². The summed E-state index contributed by atoms with van der Waals surface area (Å²) in [7, 11) is 0. The van der Waals surface area contributed by atoms with Crippen molar-refractivity contribution < 1.29 is 4.39 Å². The third-order valence-corrected chi connectivity index (χ3v) is 4.89. The van der Waals surface area contributed by atoms with E-state index in [1.807, 2.05) is 0 Å². The van der Waals surface area contributed by atoms with E-state index in [4.69, 9.17) is 0 Å². The number of hydrogen-bond acceptors (Lipinski definition) is 1. The standard InChI is InChI=1S/C22H26FN/c1-17-10-11-19(9-5-8-18-6-3-2-4-7-18)16-22(17)24-21-14-12-20(23)13-15-21/h5,9-16,18,24H,2-4,6-8H2,1H3/b9-5+. The Balaban J connectivity index is 1.65. The molecular formula is C22H26FN. The van der Waals surface area contributed by atoms with Crippen LogP contribution in [0.15, 0.2) is 48.5 Å². The molecule has 1 N–H and O–H groups in total. The average molecular weight is 323 g/mol. The zero-order valence-corrected chi connectivity index (χ0v) is 14.4. The fraction of sp³-hybridized carbons (Fsp3) is 0.364. The molecule has 0 amide bonds. The van der Waals surface area contributed by atoms with E-state index in [2.05, 4.69) is 42.6 Å². The van der Waals surface area contributed by atoms with Crippen molar-refractivity contribution in [3.05, 3.63) is 65.5 Å². The van der Waals surface area contributed by atoms with Crippen molar-refractivity contribution in [2.45, 2.75) is 45.4 Å². The molecule has 1 saturated carbocycles. The third kappa shape index (κ3) is 4.70. The lowest BCUT2D eigenvalue weighted by atomic mass is 9.87. The highest BCUT2D eigenvalue weighted by Crippen LogP contribution is 2.27. The summed E-state index contributed by atoms with van der Waals surface area (Å²) < 4.78 is 13.0. The normalized spacial score (nSPS) is 15.8. The van der Waals surface area contributed by atoms with Gasteiger partial charge in [-0.05, 0) is 60.7 Å². The quantitative estimate of drug-likeness (QED) is 0.633. The summed E-state index contributed by atoms with van der Waals surface area (Å²) in [5, 5.41) is 3.38. The van der Waals surface area contributed by atoms with E-state index in [9.17, 15) is 4.39 Å². The van der Waals surface area contributed by atoms with E-state index < -0.39 is 0 Å². The van der Waals surface area contributed by atoms with Crippen LogP contribution in [0.3, 0.4) is 0 Å². The predicted octanol–water partition coefficient (Wildman–Crippen LogP) is 6.86. The molecule has 2 aromatic rings. The van der Waals surface area contributed by atoms with Gasteiger partial charge in [0.2, 0.25) is 0 Å². The summed E-state index contributed by atoms with van der Waals surface area (Å²) in [5.74, 6) is 0.661. The van der Waals surface area contributed by atoms with Crippen LogP contribution in [0.2, 0.25) is 0 Å². The monoisotopic (exact) mass is 323 g/mol. The molecule has 1 nitrogen and oxygen atoms in total. The van der Waals surface area contributed by atoms with Gasteiger partial charge in [0.25, 0.3) is 0 Å². The molecule has 0 unspecified atom stereocenters. The van der Waals surface area contributed by atoms with E-state index in [0.717, 1.165) is 17.3 Å². The smallest absolute Gasteiger partial charge is 0.123 e. The predicted molar refractivity (Wildman–Crippen MR) is 101 cm³/mol. The summed E-state index contributed by atoms with van der Waals surface area (Å²) in [6.45, 7) is 2.08. The Morgan fingerprint density at radius 3 is 2.54 bits per heavy atom. The maximum absolute atomic E-state index is 13.0. The molecule has 0 radical (unpaired) electrons. The van der Waals surface area contributed by atoms with Crippen molar-refractivity contribution in [1.82, 2.24) is 0 Å². The molecule has 1 aliphatic carbocycles. The van der Waals surface area contributed by atoms with Gasteiger partial charge in [0, 0.05) is 11.4 Å². The molecule has 0 bridgehead atoms. The first-order valence-electron chi connectivity index (χ1n) is 9.00. The van der Waals surface area contributed by atoms with Crippen molar-refractivity contribution >= 4 is 17.5 Å². The van der Waals surface area contributed by atoms with Crippen LogP contribution >= 0.6 is 0 Å². The molecule has 2 heteroatoms. The Morgan fingerprint density at radius 2 is 1.79 bits per heavy atom. The van der Waals surface area contributed by atoms with E-state index in [1.165, 1.54) is 61.8 Å². The second-order valence-electron chi connectivity index (χ2n) is 6.85. The first-order chi connectivity index (χ1) is 11.7. The van der Waals surface area contributed by atoms with Gasteiger partial charge in [-0.15, -0.1) is 0 Å². The second kappa shape index (κ2) is 8.14. The highest BCUT2D eigenvalue weighted by Gasteiger charge is 2.11. The summed E-state index contributed by atoms with van der Waals surface area (Å²) in [4.78, 5) is 0. The van der Waals surface area contributed by atoms with Gasteiger partial charge in [-0.3, -0.25) is 0 Å². The first-order valence-corrected chi connectivity index (χ1v) is 9.00. The van der Waals surface area contributed by atoms with Gasteiger partial charge in [0.1, 0.15) is 5.82 Å². The number of aryl methyl sites for hydroxylation is 1. The van der Waals surface area contributed by atoms with Crippen molar-refractivity contribution in [2.24, 2.45) is 5.92 Å². The zero-order valence-electron chi connectivity index (χ0n) is 14.4. The first kappa shape index (κ1) is 16.8. The maximum atomic E-state index is 13.0. The number of halogens is 1. The van der Waals surface area contributed by atoms with Crippen LogP contribution < -0.4 is 5.32 Å². The van der Waals surface area contributed by atoms with Crippen molar-refractivity contribution in [3.8, 4) is 0 Å². The van der Waals surface area contributed by atoms with Crippen molar-refractivity contribution in [1.29, 1.82) is 0 Å². The molecule has 1 fully saturated rings. The Hall–Kier alpha value is -2.09. The third-order valence-electron chi connectivity index (χ3n) is 4.89. The Labute approximate surface area is 144 Å². The minimum atomic E-state index is -0.211. The molecular weight excluding hydrogens is 297 g/mol. The average Bonchev–Trinajstić information content (AvgIpc) is 2.61. The number of nitrogens with one attached hydrogen (secondary N) is 1. The van der Waals surface area contributed by atoms with Crippen molar-refractivity contribution in [2.75, 3.05) is 5.32 Å². The lowest BCUT2D eigenvalue weighted by Crippen LogP contribution is -2.04. The van der Waals surface area contributed by atoms with Crippen LogP contribution in [0.1, 0.15) is 49.7 Å². The highest BCUT2D eigenvalue weighted by atomic mass is 19.1. The van der Waals surface area contributed by atoms with Crippen LogP contribution in [0.5, 0.6) is 0 Å². The van der Waals surface area contributed by atoms with Crippen LogP contribution in [0.25, 0.3) is 6.08 Å². The van der Waals surface area contributed by atoms with Crippen LogP contribution in [0.4, 0.5) is 15.8 Å². The summed E-state index contributed by atoms with van der Waals surface area (Å²) >= 11 is 0. The van der Waals surface area contributed by atoms with Gasteiger partial charge in [-0.25, -0.2) is 4.39 Å².